The van der Waals surface area contributed by atoms with Gasteiger partial charge >= 0.3 is 0 Å². The number of hydrogen-bond acceptors (Lipinski definition) is 6. The fourth-order valence-corrected chi connectivity index (χ4v) is 2.74. The molecule has 0 atom stereocenters. The number of benzene rings is 1. The number of carbonyl (C=O) groups excluding carboxylic acids is 1. The molecule has 0 aliphatic heterocycles. The van der Waals surface area contributed by atoms with Crippen molar-refractivity contribution in [2.24, 2.45) is 5.14 Å². The first-order chi connectivity index (χ1) is 9.82. The summed E-state index contributed by atoms with van der Waals surface area (Å²) >= 11 is 0.903. The topological polar surface area (TPSA) is 115 Å². The summed E-state index contributed by atoms with van der Waals surface area (Å²) in [7, 11) is -4.00. The van der Waals surface area contributed by atoms with Gasteiger partial charge in [0.2, 0.25) is 10.0 Å². The lowest BCUT2D eigenvalue weighted by Crippen LogP contribution is -2.15. The van der Waals surface area contributed by atoms with Gasteiger partial charge in [0.25, 0.3) is 5.91 Å². The van der Waals surface area contributed by atoms with E-state index in [-0.39, 0.29) is 15.5 Å². The second kappa shape index (κ2) is 5.84. The van der Waals surface area contributed by atoms with E-state index in [4.69, 9.17) is 5.14 Å². The van der Waals surface area contributed by atoms with Crippen LogP contribution in [-0.2, 0) is 16.4 Å². The predicted octanol–water partition coefficient (Wildman–Crippen LogP) is 1.14. The third-order valence-electron chi connectivity index (χ3n) is 2.61. The van der Waals surface area contributed by atoms with Crippen LogP contribution in [0.5, 0.6) is 0 Å². The summed E-state index contributed by atoms with van der Waals surface area (Å²) in [5, 5.41) is 11.0. The van der Waals surface area contributed by atoms with Gasteiger partial charge in [0.05, 0.1) is 16.3 Å². The average Bonchev–Trinajstić information content (AvgIpc) is 2.88. The number of aryl methyl sites for hydroxylation is 1. The Morgan fingerprint density at radius 2 is 2.19 bits per heavy atom. The molecule has 1 aromatic carbocycles. The number of hydrogen-bond donors (Lipinski definition) is 2. The molecule has 0 fully saturated rings. The molecule has 0 unspecified atom stereocenters. The molecule has 0 saturated heterocycles. The molecular weight excluding hydrogens is 319 g/mol. The number of carbonyl (C=O) groups is 1. The van der Waals surface area contributed by atoms with Crippen molar-refractivity contribution in [2.45, 2.75) is 18.2 Å². The number of nitrogens with one attached hydrogen (secondary N) is 1. The fourth-order valence-electron chi connectivity index (χ4n) is 1.57. The van der Waals surface area contributed by atoms with Crippen molar-refractivity contribution in [1.82, 2.24) is 9.59 Å². The zero-order valence-electron chi connectivity index (χ0n) is 10.8. The van der Waals surface area contributed by atoms with Gasteiger partial charge in [-0.05, 0) is 36.2 Å². The fraction of sp³-hybridized carbons (Fsp3) is 0.182. The molecule has 0 radical (unpaired) electrons. The number of sulfonamides is 1. The van der Waals surface area contributed by atoms with Gasteiger partial charge in [-0.2, -0.15) is 0 Å². The Hall–Kier alpha value is -1.91. The van der Waals surface area contributed by atoms with Crippen LogP contribution in [-0.4, -0.2) is 23.9 Å². The number of aromatic nitrogens is 2. The molecule has 1 aromatic heterocycles. The van der Waals surface area contributed by atoms with Gasteiger partial charge in [-0.1, -0.05) is 11.4 Å². The lowest BCUT2D eigenvalue weighted by molar-refractivity contribution is 0.102. The van der Waals surface area contributed by atoms with Crippen LogP contribution in [0.25, 0.3) is 0 Å². The third kappa shape index (κ3) is 3.40. The number of halogens is 1. The third-order valence-corrected chi connectivity index (χ3v) is 4.29. The Bertz CT molecular complexity index is 789. The first-order valence-electron chi connectivity index (χ1n) is 5.78. The Balaban J connectivity index is 2.26. The molecule has 1 amide bonds. The van der Waals surface area contributed by atoms with E-state index < -0.39 is 21.7 Å². The Kier molecular flexibility index (Phi) is 4.30. The molecule has 2 rings (SSSR count). The molecule has 0 spiro atoms. The number of primary sulfonamides is 1. The summed E-state index contributed by atoms with van der Waals surface area (Å²) in [5.74, 6) is -1.45. The van der Waals surface area contributed by atoms with Gasteiger partial charge in [0, 0.05) is 0 Å². The van der Waals surface area contributed by atoms with Crippen molar-refractivity contribution in [1.29, 1.82) is 0 Å². The van der Waals surface area contributed by atoms with Gasteiger partial charge in [0.1, 0.15) is 10.7 Å². The van der Waals surface area contributed by atoms with E-state index in [1.165, 1.54) is 0 Å². The first-order valence-corrected chi connectivity index (χ1v) is 8.09. The smallest absolute Gasteiger partial charge is 0.269 e. The van der Waals surface area contributed by atoms with E-state index in [1.54, 1.807) is 0 Å². The quantitative estimate of drug-likeness (QED) is 0.872. The van der Waals surface area contributed by atoms with Gasteiger partial charge in [0.15, 0.2) is 0 Å². The van der Waals surface area contributed by atoms with Crippen molar-refractivity contribution in [3.05, 3.63) is 34.6 Å². The standard InChI is InChI=1S/C11H11FN4O3S2/c1-2-8-10(20-16-15-8)11(17)14-9-4-3-6(5-7(9)12)21(13,18)19/h3-5H,2H2,1H3,(H,14,17)(H2,13,18,19). The summed E-state index contributed by atoms with van der Waals surface area (Å²) in [4.78, 5) is 11.9. The maximum absolute atomic E-state index is 13.8. The largest absolute Gasteiger partial charge is 0.319 e. The lowest BCUT2D eigenvalue weighted by atomic mass is 10.2. The highest BCUT2D eigenvalue weighted by Crippen LogP contribution is 2.20. The maximum atomic E-state index is 13.8. The lowest BCUT2D eigenvalue weighted by Gasteiger charge is -2.06. The SMILES string of the molecule is CCc1nnsc1C(=O)Nc1ccc(S(N)(=O)=O)cc1F. The predicted molar refractivity (Wildman–Crippen MR) is 75.0 cm³/mol. The molecular formula is C11H11FN4O3S2. The van der Waals surface area contributed by atoms with Crippen molar-refractivity contribution in [2.75, 3.05) is 5.32 Å². The Morgan fingerprint density at radius 1 is 1.48 bits per heavy atom. The van der Waals surface area contributed by atoms with Crippen molar-refractivity contribution in [3.8, 4) is 0 Å². The second-order valence-corrected chi connectivity index (χ2v) is 6.36. The van der Waals surface area contributed by atoms with Crippen LogP contribution in [0, 0.1) is 5.82 Å². The molecule has 112 valence electrons. The van der Waals surface area contributed by atoms with Gasteiger partial charge in [-0.25, -0.2) is 17.9 Å². The average molecular weight is 330 g/mol. The van der Waals surface area contributed by atoms with E-state index in [9.17, 15) is 17.6 Å². The van der Waals surface area contributed by atoms with E-state index in [0.717, 1.165) is 29.7 Å². The minimum atomic E-state index is -4.00. The number of nitrogens with two attached hydrogens (primary N) is 1. The van der Waals surface area contributed by atoms with E-state index in [1.807, 2.05) is 6.92 Å². The summed E-state index contributed by atoms with van der Waals surface area (Å²) in [6.45, 7) is 1.81. The van der Waals surface area contributed by atoms with E-state index in [2.05, 4.69) is 14.9 Å². The summed E-state index contributed by atoms with van der Waals surface area (Å²) in [6, 6.07) is 2.99. The monoisotopic (exact) mass is 330 g/mol. The van der Waals surface area contributed by atoms with Crippen molar-refractivity contribution >= 4 is 33.2 Å². The van der Waals surface area contributed by atoms with Gasteiger partial charge < -0.3 is 5.32 Å². The minimum absolute atomic E-state index is 0.150. The van der Waals surface area contributed by atoms with Crippen LogP contribution < -0.4 is 10.5 Å². The van der Waals surface area contributed by atoms with Crippen LogP contribution in [0.3, 0.4) is 0 Å². The first kappa shape index (κ1) is 15.5. The van der Waals surface area contributed by atoms with Crippen LogP contribution in [0.4, 0.5) is 10.1 Å². The number of amides is 1. The molecule has 1 heterocycles. The highest BCUT2D eigenvalue weighted by Gasteiger charge is 2.18. The number of anilines is 1. The Morgan fingerprint density at radius 3 is 2.76 bits per heavy atom. The van der Waals surface area contributed by atoms with Gasteiger partial charge in [-0.3, -0.25) is 4.79 Å². The molecule has 0 saturated carbocycles. The zero-order chi connectivity index (χ0) is 15.6. The maximum Gasteiger partial charge on any atom is 0.269 e. The van der Waals surface area contributed by atoms with Crippen molar-refractivity contribution in [3.63, 3.8) is 0 Å². The van der Waals surface area contributed by atoms with E-state index in [0.29, 0.717) is 12.1 Å². The number of nitrogens with zero attached hydrogens (tertiary/aromatic N) is 2. The molecule has 0 aliphatic rings. The molecule has 2 aromatic rings. The highest BCUT2D eigenvalue weighted by molar-refractivity contribution is 7.89. The van der Waals surface area contributed by atoms with Crippen LogP contribution in [0.1, 0.15) is 22.3 Å². The van der Waals surface area contributed by atoms with Crippen molar-refractivity contribution < 1.29 is 17.6 Å². The van der Waals surface area contributed by atoms with Crippen LogP contribution in [0.2, 0.25) is 0 Å². The second-order valence-electron chi connectivity index (χ2n) is 4.04. The summed E-state index contributed by atoms with van der Waals surface area (Å²) < 4.78 is 39.7. The summed E-state index contributed by atoms with van der Waals surface area (Å²) in [5.41, 5.74) is 0.363. The van der Waals surface area contributed by atoms with Crippen LogP contribution >= 0.6 is 11.5 Å². The normalized spacial score (nSPS) is 11.4. The molecule has 0 aliphatic carbocycles. The Labute approximate surface area is 124 Å². The van der Waals surface area contributed by atoms with E-state index >= 15 is 0 Å². The highest BCUT2D eigenvalue weighted by atomic mass is 32.2. The minimum Gasteiger partial charge on any atom is -0.319 e. The molecule has 3 N–H and O–H groups in total. The molecule has 10 heteroatoms. The zero-order valence-corrected chi connectivity index (χ0v) is 12.5. The van der Waals surface area contributed by atoms with Gasteiger partial charge in [-0.15, -0.1) is 5.10 Å². The molecule has 0 bridgehead atoms. The molecule has 7 nitrogen and oxygen atoms in total. The summed E-state index contributed by atoms with van der Waals surface area (Å²) in [6.07, 6.45) is 0.520. The molecule has 21 heavy (non-hydrogen) atoms. The number of rotatable bonds is 4. The van der Waals surface area contributed by atoms with Crippen LogP contribution in [0.15, 0.2) is 23.1 Å².